The third-order valence-corrected chi connectivity index (χ3v) is 4.11. The molecule has 5 heteroatoms. The van der Waals surface area contributed by atoms with Gasteiger partial charge in [0.05, 0.1) is 5.02 Å². The van der Waals surface area contributed by atoms with Crippen LogP contribution in [-0.4, -0.2) is 64.7 Å². The summed E-state index contributed by atoms with van der Waals surface area (Å²) in [5, 5.41) is 1.21. The smallest absolute Gasteiger partial charge is 0.111 e. The monoisotopic (exact) mass is 259 g/mol. The number of thiol groups is 1. The van der Waals surface area contributed by atoms with E-state index in [-0.39, 0.29) is 51.4 Å². The van der Waals surface area contributed by atoms with Crippen LogP contribution in [0.15, 0.2) is 23.1 Å². The molecule has 1 radical (unpaired) electrons. The van der Waals surface area contributed by atoms with Gasteiger partial charge in [0.15, 0.2) is 0 Å². The standard InChI is InChI=1S/C8H10ClOPS.K/c1-11(2,10)6-4-3-5-7(12)8(6)9;/h3-5,12H,1-2H3;. The van der Waals surface area contributed by atoms with Crippen molar-refractivity contribution in [1.29, 1.82) is 0 Å². The van der Waals surface area contributed by atoms with Gasteiger partial charge in [-0.3, -0.25) is 0 Å². The Kier molecular flexibility index (Phi) is 6.47. The average molecular weight is 260 g/mol. The second kappa shape index (κ2) is 5.71. The molecule has 0 fully saturated rings. The van der Waals surface area contributed by atoms with Crippen LogP contribution in [-0.2, 0) is 4.57 Å². The van der Waals surface area contributed by atoms with E-state index in [1.807, 2.05) is 6.07 Å². The summed E-state index contributed by atoms with van der Waals surface area (Å²) < 4.78 is 11.7. The quantitative estimate of drug-likeness (QED) is 0.466. The first-order chi connectivity index (χ1) is 5.43. The summed E-state index contributed by atoms with van der Waals surface area (Å²) in [7, 11) is -2.26. The molecule has 0 amide bonds. The molecule has 0 N–H and O–H groups in total. The van der Waals surface area contributed by atoms with Crippen LogP contribution in [0.25, 0.3) is 0 Å². The molecule has 0 aliphatic carbocycles. The summed E-state index contributed by atoms with van der Waals surface area (Å²) in [6.45, 7) is 3.39. The maximum absolute atomic E-state index is 11.7. The van der Waals surface area contributed by atoms with Crippen molar-refractivity contribution in [2.45, 2.75) is 4.90 Å². The van der Waals surface area contributed by atoms with Crippen molar-refractivity contribution in [3.05, 3.63) is 23.2 Å². The van der Waals surface area contributed by atoms with Crippen molar-refractivity contribution in [2.75, 3.05) is 13.3 Å². The maximum Gasteiger partial charge on any atom is 0.111 e. The minimum Gasteiger partial charge on any atom is -0.319 e. The van der Waals surface area contributed by atoms with Crippen molar-refractivity contribution < 1.29 is 4.57 Å². The molecule has 0 atom stereocenters. The topological polar surface area (TPSA) is 17.1 Å². The molecule has 1 aromatic carbocycles. The molecular formula is C8H10ClKOPS. The van der Waals surface area contributed by atoms with E-state index in [0.717, 1.165) is 0 Å². The number of halogens is 1. The zero-order chi connectivity index (χ0) is 9.35. The van der Waals surface area contributed by atoms with Gasteiger partial charge in [0, 0.05) is 61.6 Å². The van der Waals surface area contributed by atoms with E-state index in [4.69, 9.17) is 11.6 Å². The Morgan fingerprint density at radius 1 is 1.38 bits per heavy atom. The van der Waals surface area contributed by atoms with Gasteiger partial charge in [0.1, 0.15) is 7.14 Å². The first-order valence-corrected chi connectivity index (χ1v) is 6.88. The first kappa shape index (κ1) is 14.7. The molecule has 0 saturated heterocycles. The summed E-state index contributed by atoms with van der Waals surface area (Å²) in [4.78, 5) is 0.679. The molecule has 0 aliphatic heterocycles. The molecule has 0 aliphatic rings. The third kappa shape index (κ3) is 4.00. The fraction of sp³-hybridized carbons (Fsp3) is 0.250. The van der Waals surface area contributed by atoms with Crippen LogP contribution in [0.2, 0.25) is 5.02 Å². The maximum atomic E-state index is 11.7. The van der Waals surface area contributed by atoms with E-state index >= 15 is 0 Å². The van der Waals surface area contributed by atoms with Crippen molar-refractivity contribution in [3.8, 4) is 0 Å². The van der Waals surface area contributed by atoms with Crippen LogP contribution >= 0.6 is 31.4 Å². The van der Waals surface area contributed by atoms with Gasteiger partial charge in [0.25, 0.3) is 0 Å². The summed E-state index contributed by atoms with van der Waals surface area (Å²) in [6.07, 6.45) is 0. The molecule has 0 saturated carbocycles. The molecule has 0 unspecified atom stereocenters. The number of benzene rings is 1. The predicted octanol–water partition coefficient (Wildman–Crippen LogP) is 2.50. The van der Waals surface area contributed by atoms with E-state index in [2.05, 4.69) is 12.6 Å². The molecular weight excluding hydrogens is 250 g/mol. The number of hydrogen-bond donors (Lipinski definition) is 1. The Hall–Kier alpha value is 1.73. The number of hydrogen-bond acceptors (Lipinski definition) is 2. The van der Waals surface area contributed by atoms with Gasteiger partial charge in [-0.15, -0.1) is 12.6 Å². The molecule has 0 spiro atoms. The van der Waals surface area contributed by atoms with Gasteiger partial charge >= 0.3 is 0 Å². The second-order valence-electron chi connectivity index (χ2n) is 2.96. The molecule has 0 bridgehead atoms. The Labute approximate surface area is 132 Å². The van der Waals surface area contributed by atoms with Gasteiger partial charge in [-0.05, 0) is 25.5 Å². The Bertz CT molecular complexity index is 350. The summed E-state index contributed by atoms with van der Waals surface area (Å²) in [5.74, 6) is 0. The minimum atomic E-state index is -2.26. The summed E-state index contributed by atoms with van der Waals surface area (Å²) in [5.41, 5.74) is 0. The molecule has 0 heterocycles. The van der Waals surface area contributed by atoms with E-state index in [1.54, 1.807) is 25.5 Å². The zero-order valence-corrected chi connectivity index (χ0v) is 13.6. The van der Waals surface area contributed by atoms with Gasteiger partial charge in [0.2, 0.25) is 0 Å². The normalized spacial score (nSPS) is 10.8. The summed E-state index contributed by atoms with van der Waals surface area (Å²) in [6, 6.07) is 5.37. The van der Waals surface area contributed by atoms with Crippen molar-refractivity contribution in [3.63, 3.8) is 0 Å². The van der Waals surface area contributed by atoms with Crippen LogP contribution in [0.4, 0.5) is 0 Å². The molecule has 0 aromatic heterocycles. The Balaban J connectivity index is 0.00000144. The summed E-state index contributed by atoms with van der Waals surface area (Å²) >= 11 is 10.1. The molecule has 67 valence electrons. The van der Waals surface area contributed by atoms with E-state index in [9.17, 15) is 4.57 Å². The van der Waals surface area contributed by atoms with Crippen LogP contribution < -0.4 is 5.30 Å². The van der Waals surface area contributed by atoms with Crippen molar-refractivity contribution >= 4 is 88.1 Å². The van der Waals surface area contributed by atoms with Crippen LogP contribution in [0.5, 0.6) is 0 Å². The van der Waals surface area contributed by atoms with E-state index < -0.39 is 7.14 Å². The molecule has 1 aromatic rings. The van der Waals surface area contributed by atoms with Crippen molar-refractivity contribution in [1.82, 2.24) is 0 Å². The van der Waals surface area contributed by atoms with Crippen molar-refractivity contribution in [2.24, 2.45) is 0 Å². The van der Waals surface area contributed by atoms with Gasteiger partial charge < -0.3 is 4.57 Å². The van der Waals surface area contributed by atoms with Gasteiger partial charge in [-0.1, -0.05) is 17.7 Å². The molecule has 13 heavy (non-hydrogen) atoms. The zero-order valence-electron chi connectivity index (χ0n) is 7.91. The van der Waals surface area contributed by atoms with Crippen LogP contribution in [0.3, 0.4) is 0 Å². The first-order valence-electron chi connectivity index (χ1n) is 3.46. The SMILES string of the molecule is CP(C)(=O)c1cccc(S)c1Cl.[K]. The number of rotatable bonds is 1. The van der Waals surface area contributed by atoms with Crippen LogP contribution in [0.1, 0.15) is 0 Å². The Morgan fingerprint density at radius 3 is 2.31 bits per heavy atom. The van der Waals surface area contributed by atoms with E-state index in [1.165, 1.54) is 0 Å². The van der Waals surface area contributed by atoms with Gasteiger partial charge in [-0.25, -0.2) is 0 Å². The second-order valence-corrected chi connectivity index (χ2v) is 7.00. The largest absolute Gasteiger partial charge is 0.319 e. The fourth-order valence-corrected chi connectivity index (χ4v) is 2.99. The minimum absolute atomic E-state index is 0. The predicted molar refractivity (Wildman–Crippen MR) is 63.5 cm³/mol. The Morgan fingerprint density at radius 2 is 1.92 bits per heavy atom. The van der Waals surface area contributed by atoms with Crippen LogP contribution in [0, 0.1) is 0 Å². The van der Waals surface area contributed by atoms with Gasteiger partial charge in [-0.2, -0.15) is 0 Å². The van der Waals surface area contributed by atoms with E-state index in [0.29, 0.717) is 15.2 Å². The molecule has 1 nitrogen and oxygen atoms in total. The average Bonchev–Trinajstić information content (AvgIpc) is 1.92. The fourth-order valence-electron chi connectivity index (χ4n) is 0.924. The molecule has 1 rings (SSSR count). The third-order valence-electron chi connectivity index (χ3n) is 1.54.